The first-order valence-corrected chi connectivity index (χ1v) is 20.2. The maximum absolute atomic E-state index is 6.76. The van der Waals surface area contributed by atoms with Gasteiger partial charge in [0.25, 0.3) is 0 Å². The fraction of sp³-hybridized carbons (Fsp3) is 0. The second kappa shape index (κ2) is 13.4. The van der Waals surface area contributed by atoms with Crippen molar-refractivity contribution in [3.8, 4) is 27.9 Å². The van der Waals surface area contributed by atoms with Crippen LogP contribution in [-0.2, 0) is 0 Å². The first kappa shape index (κ1) is 33.3. The van der Waals surface area contributed by atoms with Crippen molar-refractivity contribution in [2.45, 2.75) is 0 Å². The number of furan rings is 1. The molecule has 2 aromatic heterocycles. The van der Waals surface area contributed by atoms with E-state index in [1.54, 1.807) is 0 Å². The van der Waals surface area contributed by atoms with E-state index in [-0.39, 0.29) is 0 Å². The molecule has 10 aromatic carbocycles. The molecule has 0 saturated heterocycles. The fourth-order valence-electron chi connectivity index (χ4n) is 9.28. The Hall–Kier alpha value is -7.88. The van der Waals surface area contributed by atoms with Gasteiger partial charge in [-0.05, 0) is 93.5 Å². The Morgan fingerprint density at radius 2 is 0.881 bits per heavy atom. The summed E-state index contributed by atoms with van der Waals surface area (Å²) in [6.45, 7) is 0. The molecule has 0 radical (unpaired) electrons. The van der Waals surface area contributed by atoms with E-state index in [1.807, 2.05) is 0 Å². The van der Waals surface area contributed by atoms with E-state index in [0.29, 0.717) is 0 Å². The van der Waals surface area contributed by atoms with Crippen LogP contribution < -0.4 is 4.90 Å². The summed E-state index contributed by atoms with van der Waals surface area (Å²) in [6, 6.07) is 78.6. The molecule has 3 nitrogen and oxygen atoms in total. The van der Waals surface area contributed by atoms with E-state index in [1.165, 1.54) is 43.6 Å². The summed E-state index contributed by atoms with van der Waals surface area (Å²) in [5, 5.41) is 9.48. The van der Waals surface area contributed by atoms with Crippen molar-refractivity contribution >= 4 is 82.4 Å². The van der Waals surface area contributed by atoms with Crippen molar-refractivity contribution in [1.82, 2.24) is 4.57 Å². The molecule has 0 amide bonds. The molecule has 0 fully saturated rings. The highest BCUT2D eigenvalue weighted by Crippen LogP contribution is 2.45. The number of para-hydroxylation sites is 3. The van der Waals surface area contributed by atoms with Crippen LogP contribution in [0, 0.1) is 0 Å². The number of hydrogen-bond donors (Lipinski definition) is 0. The number of benzene rings is 10. The number of hydrogen-bond acceptors (Lipinski definition) is 2. The van der Waals surface area contributed by atoms with Crippen LogP contribution in [0.25, 0.3) is 93.2 Å². The zero-order valence-electron chi connectivity index (χ0n) is 32.1. The predicted octanol–water partition coefficient (Wildman–Crippen LogP) is 15.8. The Balaban J connectivity index is 1.04. The second-order valence-electron chi connectivity index (χ2n) is 15.3. The Labute approximate surface area is 341 Å². The van der Waals surface area contributed by atoms with Gasteiger partial charge in [0.1, 0.15) is 11.2 Å². The van der Waals surface area contributed by atoms with E-state index in [4.69, 9.17) is 4.42 Å². The molecule has 0 aliphatic heterocycles. The van der Waals surface area contributed by atoms with Crippen LogP contribution in [0.3, 0.4) is 0 Å². The SMILES string of the molecule is c1ccc(-n2c3ccccc3c3c(N(c4ccc(-c5cccc6ccccc56)cc4)c4ccc(-c5cccc6c5oc5c7ccccc7ccc65)cc4)cccc32)cc1. The van der Waals surface area contributed by atoms with Crippen molar-refractivity contribution in [3.05, 3.63) is 218 Å². The molecular formula is C56H36N2O. The van der Waals surface area contributed by atoms with Crippen molar-refractivity contribution < 1.29 is 4.42 Å². The standard InChI is InChI=1S/C56H36N2O/c1-2-16-41(17-3-1)58-51-24-9-8-20-50(51)54-52(25-12-26-53(54)58)57(42-32-27-39(28-33-42)45-21-10-15-37-13-4-6-18-44(37)45)43-34-29-40(30-35-43)47-22-11-23-48-49-36-31-38-14-5-7-19-46(38)56(49)59-55(47)48/h1-36H. The molecule has 12 rings (SSSR count). The highest BCUT2D eigenvalue weighted by atomic mass is 16.3. The van der Waals surface area contributed by atoms with Crippen LogP contribution in [0.15, 0.2) is 223 Å². The number of fused-ring (bicyclic) bond motifs is 9. The second-order valence-corrected chi connectivity index (χ2v) is 15.3. The fourth-order valence-corrected chi connectivity index (χ4v) is 9.28. The van der Waals surface area contributed by atoms with E-state index in [9.17, 15) is 0 Å². The lowest BCUT2D eigenvalue weighted by Crippen LogP contribution is -2.10. The largest absolute Gasteiger partial charge is 0.455 e. The Morgan fingerprint density at radius 1 is 0.339 bits per heavy atom. The average Bonchev–Trinajstić information content (AvgIpc) is 3.87. The zero-order valence-corrected chi connectivity index (χ0v) is 32.1. The number of anilines is 3. The van der Waals surface area contributed by atoms with Gasteiger partial charge in [-0.3, -0.25) is 0 Å². The van der Waals surface area contributed by atoms with E-state index in [2.05, 4.69) is 228 Å². The first-order chi connectivity index (χ1) is 29.3. The summed E-state index contributed by atoms with van der Waals surface area (Å²) < 4.78 is 9.14. The smallest absolute Gasteiger partial charge is 0.143 e. The third kappa shape index (κ3) is 5.29. The Morgan fingerprint density at radius 3 is 1.66 bits per heavy atom. The minimum absolute atomic E-state index is 0.908. The van der Waals surface area contributed by atoms with Gasteiger partial charge in [-0.2, -0.15) is 0 Å². The molecular weight excluding hydrogens is 717 g/mol. The van der Waals surface area contributed by atoms with Crippen LogP contribution >= 0.6 is 0 Å². The normalized spacial score (nSPS) is 11.7. The van der Waals surface area contributed by atoms with Crippen LogP contribution in [0.1, 0.15) is 0 Å². The van der Waals surface area contributed by atoms with Crippen molar-refractivity contribution in [2.75, 3.05) is 4.90 Å². The highest BCUT2D eigenvalue weighted by Gasteiger charge is 2.22. The molecule has 0 aliphatic carbocycles. The topological polar surface area (TPSA) is 21.3 Å². The van der Waals surface area contributed by atoms with Crippen molar-refractivity contribution in [1.29, 1.82) is 0 Å². The third-order valence-electron chi connectivity index (χ3n) is 12.0. The molecule has 276 valence electrons. The van der Waals surface area contributed by atoms with Crippen LogP contribution in [0.4, 0.5) is 17.1 Å². The summed E-state index contributed by atoms with van der Waals surface area (Å²) in [4.78, 5) is 2.41. The molecule has 0 spiro atoms. The molecule has 0 N–H and O–H groups in total. The lowest BCUT2D eigenvalue weighted by Gasteiger charge is -2.27. The van der Waals surface area contributed by atoms with Gasteiger partial charge in [-0.25, -0.2) is 0 Å². The molecule has 0 aliphatic rings. The number of rotatable bonds is 6. The van der Waals surface area contributed by atoms with Gasteiger partial charge < -0.3 is 13.9 Å². The van der Waals surface area contributed by atoms with Gasteiger partial charge in [0.2, 0.25) is 0 Å². The maximum Gasteiger partial charge on any atom is 0.143 e. The quantitative estimate of drug-likeness (QED) is 0.169. The van der Waals surface area contributed by atoms with Gasteiger partial charge in [0.05, 0.1) is 16.7 Å². The Kier molecular flexibility index (Phi) is 7.54. The lowest BCUT2D eigenvalue weighted by atomic mass is 9.98. The average molecular weight is 753 g/mol. The summed E-state index contributed by atoms with van der Waals surface area (Å²) in [6.07, 6.45) is 0. The van der Waals surface area contributed by atoms with Gasteiger partial charge in [-0.15, -0.1) is 0 Å². The minimum Gasteiger partial charge on any atom is -0.455 e. The minimum atomic E-state index is 0.908. The molecule has 59 heavy (non-hydrogen) atoms. The van der Waals surface area contributed by atoms with Gasteiger partial charge in [0.15, 0.2) is 0 Å². The molecule has 3 heteroatoms. The number of nitrogens with zero attached hydrogens (tertiary/aromatic N) is 2. The maximum atomic E-state index is 6.76. The lowest BCUT2D eigenvalue weighted by molar-refractivity contribution is 0.674. The van der Waals surface area contributed by atoms with Gasteiger partial charge >= 0.3 is 0 Å². The molecule has 0 unspecified atom stereocenters. The molecule has 0 atom stereocenters. The molecule has 0 bridgehead atoms. The Bertz CT molecular complexity index is 3540. The highest BCUT2D eigenvalue weighted by molar-refractivity contribution is 6.18. The third-order valence-corrected chi connectivity index (χ3v) is 12.0. The summed E-state index contributed by atoms with van der Waals surface area (Å²) in [5.41, 5.74) is 13.2. The summed E-state index contributed by atoms with van der Waals surface area (Å²) in [5.74, 6) is 0. The predicted molar refractivity (Wildman–Crippen MR) is 249 cm³/mol. The van der Waals surface area contributed by atoms with Gasteiger partial charge in [-0.1, -0.05) is 158 Å². The van der Waals surface area contributed by atoms with Crippen LogP contribution in [-0.4, -0.2) is 4.57 Å². The first-order valence-electron chi connectivity index (χ1n) is 20.2. The van der Waals surface area contributed by atoms with Crippen molar-refractivity contribution in [2.24, 2.45) is 0 Å². The van der Waals surface area contributed by atoms with E-state index in [0.717, 1.165) is 66.7 Å². The van der Waals surface area contributed by atoms with Gasteiger partial charge in [0, 0.05) is 49.6 Å². The van der Waals surface area contributed by atoms with Crippen LogP contribution in [0.2, 0.25) is 0 Å². The summed E-state index contributed by atoms with van der Waals surface area (Å²) >= 11 is 0. The zero-order chi connectivity index (χ0) is 38.9. The molecule has 2 heterocycles. The van der Waals surface area contributed by atoms with E-state index < -0.39 is 0 Å². The van der Waals surface area contributed by atoms with Crippen molar-refractivity contribution in [3.63, 3.8) is 0 Å². The van der Waals surface area contributed by atoms with E-state index >= 15 is 0 Å². The monoisotopic (exact) mass is 752 g/mol. The summed E-state index contributed by atoms with van der Waals surface area (Å²) in [7, 11) is 0. The van der Waals surface area contributed by atoms with Crippen LogP contribution in [0.5, 0.6) is 0 Å². The number of aromatic nitrogens is 1. The molecule has 12 aromatic rings. The molecule has 0 saturated carbocycles.